The van der Waals surface area contributed by atoms with Crippen molar-refractivity contribution in [3.05, 3.63) is 82.1 Å². The summed E-state index contributed by atoms with van der Waals surface area (Å²) in [6.07, 6.45) is 3.85. The third kappa shape index (κ3) is 4.06. The number of hydrogen-bond acceptors (Lipinski definition) is 5. The van der Waals surface area contributed by atoms with Crippen LogP contribution in [0.3, 0.4) is 0 Å². The highest BCUT2D eigenvalue weighted by Gasteiger charge is 2.41. The Bertz CT molecular complexity index is 1150. The van der Waals surface area contributed by atoms with Crippen molar-refractivity contribution in [2.45, 2.75) is 51.0 Å². The fraction of sp³-hybridized carbons (Fsp3) is 0.333. The van der Waals surface area contributed by atoms with E-state index in [4.69, 9.17) is 14.2 Å². The predicted molar refractivity (Wildman–Crippen MR) is 119 cm³/mol. The molecule has 0 spiro atoms. The Balaban J connectivity index is 1.51. The minimum Gasteiger partial charge on any atom is -0.493 e. The van der Waals surface area contributed by atoms with Crippen LogP contribution >= 0.6 is 0 Å². The lowest BCUT2D eigenvalue weighted by Crippen LogP contribution is -2.30. The molecule has 1 heterocycles. The number of hydrogen-bond donors (Lipinski definition) is 0. The van der Waals surface area contributed by atoms with Crippen LogP contribution in [0.5, 0.6) is 11.5 Å². The first kappa shape index (κ1) is 21.4. The van der Waals surface area contributed by atoms with Gasteiger partial charge < -0.3 is 14.2 Å². The maximum atomic E-state index is 13.5. The summed E-state index contributed by atoms with van der Waals surface area (Å²) in [6.45, 7) is 0.187. The Morgan fingerprint density at radius 3 is 2.24 bits per heavy atom. The van der Waals surface area contributed by atoms with Crippen LogP contribution in [0.4, 0.5) is 4.39 Å². The number of halogens is 1. The first-order chi connectivity index (χ1) is 16.0. The van der Waals surface area contributed by atoms with Gasteiger partial charge in [0.1, 0.15) is 23.9 Å². The molecule has 2 aliphatic carbocycles. The van der Waals surface area contributed by atoms with E-state index in [1.54, 1.807) is 25.3 Å². The predicted octanol–water partition coefficient (Wildman–Crippen LogP) is 5.54. The molecule has 1 aliphatic heterocycles. The first-order valence-corrected chi connectivity index (χ1v) is 11.3. The zero-order valence-corrected chi connectivity index (χ0v) is 18.5. The number of ketones is 2. The minimum absolute atomic E-state index is 0.0385. The van der Waals surface area contributed by atoms with Gasteiger partial charge in [0.25, 0.3) is 0 Å². The lowest BCUT2D eigenvalue weighted by molar-refractivity contribution is -0.117. The Kier molecular flexibility index (Phi) is 5.75. The number of benzene rings is 2. The first-order valence-electron chi connectivity index (χ1n) is 11.3. The summed E-state index contributed by atoms with van der Waals surface area (Å²) in [6, 6.07) is 11.7. The van der Waals surface area contributed by atoms with Gasteiger partial charge in [-0.05, 0) is 48.2 Å². The summed E-state index contributed by atoms with van der Waals surface area (Å²) < 4.78 is 31.0. The zero-order valence-electron chi connectivity index (χ0n) is 18.5. The fourth-order valence-corrected chi connectivity index (χ4v) is 4.92. The summed E-state index contributed by atoms with van der Waals surface area (Å²) in [7, 11) is 1.55. The van der Waals surface area contributed by atoms with Crippen LogP contribution in [-0.4, -0.2) is 18.7 Å². The van der Waals surface area contributed by atoms with E-state index < -0.39 is 5.92 Å². The molecule has 0 bridgehead atoms. The lowest BCUT2D eigenvalue weighted by Gasteiger charge is -2.36. The molecular formula is C27H25FO5. The van der Waals surface area contributed by atoms with E-state index in [-0.39, 0.29) is 24.0 Å². The number of Topliss-reactive ketones (excluding diaryl/α,β-unsaturated/α-hetero) is 2. The van der Waals surface area contributed by atoms with Crippen molar-refractivity contribution in [1.82, 2.24) is 0 Å². The number of rotatable bonds is 5. The molecule has 0 radical (unpaired) electrons. The second-order valence-electron chi connectivity index (χ2n) is 8.59. The van der Waals surface area contributed by atoms with Crippen LogP contribution in [0, 0.1) is 5.82 Å². The van der Waals surface area contributed by atoms with Crippen LogP contribution in [0.15, 0.2) is 65.1 Å². The molecule has 0 fully saturated rings. The summed E-state index contributed by atoms with van der Waals surface area (Å²) >= 11 is 0. The zero-order chi connectivity index (χ0) is 22.9. The van der Waals surface area contributed by atoms with Crippen molar-refractivity contribution in [3.8, 4) is 11.5 Å². The van der Waals surface area contributed by atoms with Crippen molar-refractivity contribution in [3.63, 3.8) is 0 Å². The molecule has 5 nitrogen and oxygen atoms in total. The quantitative estimate of drug-likeness (QED) is 0.601. The number of allylic oxidation sites excluding steroid dienone is 4. The topological polar surface area (TPSA) is 61.8 Å². The van der Waals surface area contributed by atoms with Gasteiger partial charge in [0, 0.05) is 42.7 Å². The van der Waals surface area contributed by atoms with Gasteiger partial charge in [0.15, 0.2) is 23.1 Å². The summed E-state index contributed by atoms with van der Waals surface area (Å²) in [5, 5.41) is 0. The Morgan fingerprint density at radius 2 is 1.61 bits per heavy atom. The summed E-state index contributed by atoms with van der Waals surface area (Å²) in [4.78, 5) is 25.9. The van der Waals surface area contributed by atoms with Gasteiger partial charge in [-0.1, -0.05) is 18.2 Å². The molecule has 0 saturated carbocycles. The largest absolute Gasteiger partial charge is 0.493 e. The molecule has 2 aromatic rings. The molecule has 170 valence electrons. The SMILES string of the molecule is COc1cc(C2C3=C(CCCC3=O)OC3=C2C(=O)CCC3)ccc1OCc1cccc(F)c1. The number of ether oxygens (including phenoxy) is 3. The molecule has 0 aromatic heterocycles. The molecule has 3 aliphatic rings. The van der Waals surface area contributed by atoms with E-state index in [1.807, 2.05) is 12.1 Å². The lowest BCUT2D eigenvalue weighted by atomic mass is 9.73. The monoisotopic (exact) mass is 448 g/mol. The summed E-state index contributed by atoms with van der Waals surface area (Å²) in [5.41, 5.74) is 2.71. The molecule has 0 saturated heterocycles. The highest BCUT2D eigenvalue weighted by Crippen LogP contribution is 2.48. The molecule has 0 N–H and O–H groups in total. The summed E-state index contributed by atoms with van der Waals surface area (Å²) in [5.74, 6) is 1.71. The van der Waals surface area contributed by atoms with Crippen molar-refractivity contribution >= 4 is 11.6 Å². The van der Waals surface area contributed by atoms with Crippen molar-refractivity contribution in [1.29, 1.82) is 0 Å². The number of carbonyl (C=O) groups excluding carboxylic acids is 2. The molecule has 0 atom stereocenters. The van der Waals surface area contributed by atoms with Crippen LogP contribution in [0.1, 0.15) is 55.6 Å². The van der Waals surface area contributed by atoms with Crippen LogP contribution in [0.2, 0.25) is 0 Å². The molecular weight excluding hydrogens is 423 g/mol. The van der Waals surface area contributed by atoms with Crippen LogP contribution in [-0.2, 0) is 20.9 Å². The normalized spacial score (nSPS) is 18.6. The highest BCUT2D eigenvalue weighted by molar-refractivity contribution is 6.05. The van der Waals surface area contributed by atoms with E-state index in [0.717, 1.165) is 18.4 Å². The smallest absolute Gasteiger partial charge is 0.163 e. The molecule has 2 aromatic carbocycles. The van der Waals surface area contributed by atoms with Gasteiger partial charge in [0.05, 0.1) is 7.11 Å². The van der Waals surface area contributed by atoms with Gasteiger partial charge in [-0.25, -0.2) is 4.39 Å². The third-order valence-electron chi connectivity index (χ3n) is 6.45. The van der Waals surface area contributed by atoms with E-state index >= 15 is 0 Å². The average Bonchev–Trinajstić information content (AvgIpc) is 2.82. The van der Waals surface area contributed by atoms with Gasteiger partial charge in [-0.15, -0.1) is 0 Å². The van der Waals surface area contributed by atoms with Crippen molar-refractivity contribution in [2.24, 2.45) is 0 Å². The Hall–Kier alpha value is -3.41. The van der Waals surface area contributed by atoms with Crippen molar-refractivity contribution in [2.75, 3.05) is 7.11 Å². The van der Waals surface area contributed by atoms with Gasteiger partial charge in [-0.2, -0.15) is 0 Å². The van der Waals surface area contributed by atoms with Crippen LogP contribution < -0.4 is 9.47 Å². The average molecular weight is 448 g/mol. The third-order valence-corrected chi connectivity index (χ3v) is 6.45. The molecule has 0 unspecified atom stereocenters. The van der Waals surface area contributed by atoms with E-state index in [1.165, 1.54) is 12.1 Å². The second-order valence-corrected chi connectivity index (χ2v) is 8.59. The highest BCUT2D eigenvalue weighted by atomic mass is 19.1. The molecule has 5 rings (SSSR count). The van der Waals surface area contributed by atoms with Gasteiger partial charge in [0.2, 0.25) is 0 Å². The molecule has 0 amide bonds. The number of carbonyl (C=O) groups is 2. The maximum absolute atomic E-state index is 13.5. The Morgan fingerprint density at radius 1 is 0.909 bits per heavy atom. The minimum atomic E-state index is -0.449. The molecule has 33 heavy (non-hydrogen) atoms. The Labute approximate surface area is 191 Å². The van der Waals surface area contributed by atoms with Crippen molar-refractivity contribution < 1.29 is 28.2 Å². The standard InChI is InChI=1S/C27H25FO5/c1-31-24-14-17(11-12-21(24)32-15-16-5-2-6-18(28)13-16)25-26-19(29)7-3-9-22(26)33-23-10-4-8-20(30)27(23)25/h2,5-6,11-14,25H,3-4,7-10,15H2,1H3. The second kappa shape index (κ2) is 8.85. The van der Waals surface area contributed by atoms with E-state index in [9.17, 15) is 14.0 Å². The maximum Gasteiger partial charge on any atom is 0.163 e. The molecule has 6 heteroatoms. The fourth-order valence-electron chi connectivity index (χ4n) is 4.92. The van der Waals surface area contributed by atoms with Crippen LogP contribution in [0.25, 0.3) is 0 Å². The van der Waals surface area contributed by atoms with Gasteiger partial charge in [-0.3, -0.25) is 9.59 Å². The van der Waals surface area contributed by atoms with E-state index in [2.05, 4.69) is 0 Å². The number of methoxy groups -OCH3 is 1. The van der Waals surface area contributed by atoms with E-state index in [0.29, 0.717) is 65.4 Å². The van der Waals surface area contributed by atoms with Gasteiger partial charge >= 0.3 is 0 Å².